The van der Waals surface area contributed by atoms with Crippen LogP contribution in [0, 0.1) is 5.82 Å². The average molecular weight is 546 g/mol. The summed E-state index contributed by atoms with van der Waals surface area (Å²) in [4.78, 5) is 11.1. The van der Waals surface area contributed by atoms with Crippen molar-refractivity contribution in [2.75, 3.05) is 6.61 Å². The minimum absolute atomic E-state index is 0.0119. The van der Waals surface area contributed by atoms with Crippen molar-refractivity contribution in [3.05, 3.63) is 83.3 Å². The molecule has 1 aliphatic heterocycles. The molecule has 0 saturated carbocycles. The Morgan fingerprint density at radius 1 is 1.12 bits per heavy atom. The number of aromatic nitrogens is 1. The number of rotatable bonds is 9. The van der Waals surface area contributed by atoms with Gasteiger partial charge >= 0.3 is 5.97 Å². The molecule has 4 aromatic rings. The molecule has 2 aliphatic rings. The fourth-order valence-corrected chi connectivity index (χ4v) is 5.69. The van der Waals surface area contributed by atoms with E-state index in [4.69, 9.17) is 19.3 Å². The van der Waals surface area contributed by atoms with Crippen LogP contribution in [0.15, 0.2) is 60.8 Å². The Balaban J connectivity index is 1.19. The van der Waals surface area contributed by atoms with Crippen molar-refractivity contribution in [3.63, 3.8) is 0 Å². The van der Waals surface area contributed by atoms with Crippen LogP contribution in [0.25, 0.3) is 10.9 Å². The Morgan fingerprint density at radius 3 is 2.75 bits per heavy atom. The lowest BCUT2D eigenvalue weighted by atomic mass is 9.98. The van der Waals surface area contributed by atoms with Crippen LogP contribution >= 0.6 is 0 Å². The summed E-state index contributed by atoms with van der Waals surface area (Å²) in [6.45, 7) is 4.64. The molecule has 8 heteroatoms. The molecule has 2 atom stereocenters. The number of benzene rings is 3. The van der Waals surface area contributed by atoms with Crippen LogP contribution in [0.2, 0.25) is 0 Å². The lowest BCUT2D eigenvalue weighted by molar-refractivity contribution is -0.137. The van der Waals surface area contributed by atoms with Crippen molar-refractivity contribution in [2.24, 2.45) is 0 Å². The number of carboxylic acid groups (broad SMARTS) is 1. The highest BCUT2D eigenvalue weighted by molar-refractivity contribution is 5.81. The highest BCUT2D eigenvalue weighted by atomic mass is 19.1. The topological polar surface area (TPSA) is 90.2 Å². The minimum atomic E-state index is -0.863. The molecule has 6 rings (SSSR count). The molecule has 40 heavy (non-hydrogen) atoms. The third-order valence-corrected chi connectivity index (χ3v) is 7.74. The van der Waals surface area contributed by atoms with E-state index in [0.717, 1.165) is 22.0 Å². The quantitative estimate of drug-likeness (QED) is 0.242. The number of fused-ring (bicyclic) bond motifs is 3. The molecule has 0 saturated heterocycles. The summed E-state index contributed by atoms with van der Waals surface area (Å²) in [5.74, 6) is 1.06. The Morgan fingerprint density at radius 2 is 1.95 bits per heavy atom. The first-order valence-corrected chi connectivity index (χ1v) is 13.6. The Labute approximate surface area is 231 Å². The van der Waals surface area contributed by atoms with Crippen LogP contribution in [0.1, 0.15) is 61.8 Å². The fourth-order valence-electron chi connectivity index (χ4n) is 5.69. The number of aliphatic carboxylic acids is 1. The maximum atomic E-state index is 15.1. The van der Waals surface area contributed by atoms with E-state index in [1.807, 2.05) is 36.5 Å². The second-order valence-corrected chi connectivity index (χ2v) is 11.3. The van der Waals surface area contributed by atoms with Gasteiger partial charge in [-0.3, -0.25) is 4.79 Å². The van der Waals surface area contributed by atoms with Crippen molar-refractivity contribution in [1.29, 1.82) is 0 Å². The van der Waals surface area contributed by atoms with E-state index in [1.165, 1.54) is 6.07 Å². The van der Waals surface area contributed by atoms with E-state index < -0.39 is 17.7 Å². The van der Waals surface area contributed by atoms with Gasteiger partial charge in [0, 0.05) is 52.3 Å². The van der Waals surface area contributed by atoms with E-state index in [-0.39, 0.29) is 18.2 Å². The summed E-state index contributed by atoms with van der Waals surface area (Å²) >= 11 is 0. The first-order valence-electron chi connectivity index (χ1n) is 13.6. The predicted molar refractivity (Wildman–Crippen MR) is 148 cm³/mol. The molecule has 0 fully saturated rings. The van der Waals surface area contributed by atoms with Crippen molar-refractivity contribution in [1.82, 2.24) is 4.57 Å². The maximum Gasteiger partial charge on any atom is 0.304 e. The molecule has 0 amide bonds. The summed E-state index contributed by atoms with van der Waals surface area (Å²) < 4.78 is 35.4. The van der Waals surface area contributed by atoms with Gasteiger partial charge in [-0.05, 0) is 75.6 Å². The van der Waals surface area contributed by atoms with Gasteiger partial charge < -0.3 is 29.0 Å². The molecule has 3 aromatic carbocycles. The van der Waals surface area contributed by atoms with E-state index >= 15 is 4.39 Å². The molecule has 2 N–H and O–H groups in total. The van der Waals surface area contributed by atoms with Gasteiger partial charge in [0.15, 0.2) is 0 Å². The second-order valence-electron chi connectivity index (χ2n) is 11.3. The molecular weight excluding hydrogens is 513 g/mol. The SMILES string of the molecule is CC(C)(O)CCn1ccc2cc(Oc3ccc(F)c4c3CC[C@H]4Oc3ccc4c(c3)OCC4CC(=O)O)ccc21. The van der Waals surface area contributed by atoms with Gasteiger partial charge in [-0.15, -0.1) is 0 Å². The minimum Gasteiger partial charge on any atom is -0.492 e. The second kappa shape index (κ2) is 10.2. The van der Waals surface area contributed by atoms with Crippen LogP contribution in [-0.4, -0.2) is 33.0 Å². The van der Waals surface area contributed by atoms with Crippen LogP contribution in [0.3, 0.4) is 0 Å². The van der Waals surface area contributed by atoms with E-state index in [9.17, 15) is 9.90 Å². The molecule has 7 nitrogen and oxygen atoms in total. The lowest BCUT2D eigenvalue weighted by Gasteiger charge is -2.18. The summed E-state index contributed by atoms with van der Waals surface area (Å²) in [7, 11) is 0. The van der Waals surface area contributed by atoms with Crippen molar-refractivity contribution < 1.29 is 33.6 Å². The Hall–Kier alpha value is -4.04. The van der Waals surface area contributed by atoms with Gasteiger partial charge in [-0.2, -0.15) is 0 Å². The Bertz CT molecular complexity index is 1590. The molecule has 1 aromatic heterocycles. The lowest BCUT2D eigenvalue weighted by Crippen LogP contribution is -2.20. The molecule has 208 valence electrons. The van der Waals surface area contributed by atoms with Crippen molar-refractivity contribution in [2.45, 2.75) is 63.7 Å². The molecule has 2 heterocycles. The summed E-state index contributed by atoms with van der Waals surface area (Å²) in [5, 5.41) is 20.2. The monoisotopic (exact) mass is 545 g/mol. The van der Waals surface area contributed by atoms with Crippen LogP contribution in [-0.2, 0) is 17.8 Å². The largest absolute Gasteiger partial charge is 0.492 e. The zero-order chi connectivity index (χ0) is 28.0. The number of carboxylic acids is 1. The van der Waals surface area contributed by atoms with Gasteiger partial charge in [0.1, 0.15) is 34.9 Å². The highest BCUT2D eigenvalue weighted by Gasteiger charge is 2.32. The molecule has 0 spiro atoms. The number of carbonyl (C=O) groups is 1. The molecular formula is C32H32FNO6. The van der Waals surface area contributed by atoms with E-state index in [0.29, 0.717) is 61.0 Å². The van der Waals surface area contributed by atoms with Gasteiger partial charge in [0.2, 0.25) is 0 Å². The van der Waals surface area contributed by atoms with E-state index in [2.05, 4.69) is 4.57 Å². The normalized spacial score (nSPS) is 17.9. The van der Waals surface area contributed by atoms with Gasteiger partial charge in [0.05, 0.1) is 18.6 Å². The Kier molecular flexibility index (Phi) is 6.66. The molecule has 1 unspecified atom stereocenters. The third-order valence-electron chi connectivity index (χ3n) is 7.74. The number of halogens is 1. The van der Waals surface area contributed by atoms with Crippen molar-refractivity contribution >= 4 is 16.9 Å². The molecule has 1 aliphatic carbocycles. The third kappa shape index (κ3) is 5.23. The van der Waals surface area contributed by atoms with Gasteiger partial charge in [-0.25, -0.2) is 4.39 Å². The summed E-state index contributed by atoms with van der Waals surface area (Å²) in [6, 6.07) is 16.4. The van der Waals surface area contributed by atoms with Crippen LogP contribution in [0.5, 0.6) is 23.0 Å². The summed E-state index contributed by atoms with van der Waals surface area (Å²) in [6.07, 6.45) is 3.41. The summed E-state index contributed by atoms with van der Waals surface area (Å²) in [5.41, 5.74) is 2.48. The van der Waals surface area contributed by atoms with E-state index in [1.54, 1.807) is 32.0 Å². The first kappa shape index (κ1) is 26.2. The number of aryl methyl sites for hydroxylation is 1. The average Bonchev–Trinajstić information content (AvgIpc) is 3.61. The molecule has 0 bridgehead atoms. The smallest absolute Gasteiger partial charge is 0.304 e. The highest BCUT2D eigenvalue weighted by Crippen LogP contribution is 2.44. The first-order chi connectivity index (χ1) is 19.1. The maximum absolute atomic E-state index is 15.1. The number of hydrogen-bond donors (Lipinski definition) is 2. The zero-order valence-corrected chi connectivity index (χ0v) is 22.5. The number of hydrogen-bond acceptors (Lipinski definition) is 5. The number of nitrogens with zero attached hydrogens (tertiary/aromatic N) is 1. The van der Waals surface area contributed by atoms with Crippen LogP contribution in [0.4, 0.5) is 4.39 Å². The van der Waals surface area contributed by atoms with Crippen LogP contribution < -0.4 is 14.2 Å². The standard InChI is InChI=1S/C32H32FNO6/c1-32(2,37)12-14-34-13-11-19-15-21(4-8-26(19)34)39-27-10-7-25(33)31-24(27)6-9-28(31)40-22-3-5-23-20(16-30(35)36)18-38-29(23)17-22/h3-5,7-8,10-11,13,15,17,20,28,37H,6,9,12,14,16,18H2,1-2H3,(H,35,36)/t20?,28-/m1/s1. The zero-order valence-electron chi connectivity index (χ0n) is 22.5. The molecule has 0 radical (unpaired) electrons. The van der Waals surface area contributed by atoms with Gasteiger partial charge in [-0.1, -0.05) is 6.07 Å². The fraction of sp³-hybridized carbons (Fsp3) is 0.344. The van der Waals surface area contributed by atoms with Gasteiger partial charge in [0.25, 0.3) is 0 Å². The van der Waals surface area contributed by atoms with Crippen molar-refractivity contribution in [3.8, 4) is 23.0 Å². The predicted octanol–water partition coefficient (Wildman–Crippen LogP) is 6.75. The number of ether oxygens (including phenoxy) is 3. The number of aliphatic hydroxyl groups is 1.